The summed E-state index contributed by atoms with van der Waals surface area (Å²) in [5.41, 5.74) is 4.69. The van der Waals surface area contributed by atoms with Crippen LogP contribution in [-0.4, -0.2) is 42.2 Å². The molecular weight excluding hydrogens is 318 g/mol. The zero-order valence-electron chi connectivity index (χ0n) is 14.0. The number of ether oxygens (including phenoxy) is 1. The van der Waals surface area contributed by atoms with Crippen molar-refractivity contribution in [3.63, 3.8) is 0 Å². The van der Waals surface area contributed by atoms with E-state index in [2.05, 4.69) is 29.6 Å². The molecule has 0 spiro atoms. The molecule has 0 radical (unpaired) electrons. The third-order valence-electron chi connectivity index (χ3n) is 4.60. The van der Waals surface area contributed by atoms with Crippen LogP contribution in [0.5, 0.6) is 0 Å². The van der Waals surface area contributed by atoms with Crippen LogP contribution in [0.3, 0.4) is 0 Å². The Hall–Kier alpha value is -2.37. The Morgan fingerprint density at radius 3 is 2.20 bits per heavy atom. The lowest BCUT2D eigenvalue weighted by atomic mass is 9.98. The maximum atomic E-state index is 12.0. The highest BCUT2D eigenvalue weighted by Gasteiger charge is 2.29. The van der Waals surface area contributed by atoms with E-state index in [1.54, 1.807) is 0 Å². The second kappa shape index (κ2) is 8.14. The summed E-state index contributed by atoms with van der Waals surface area (Å²) in [5.74, 6) is 0.0168. The fourth-order valence-corrected chi connectivity index (χ4v) is 3.35. The predicted molar refractivity (Wildman–Crippen MR) is 95.4 cm³/mol. The first-order chi connectivity index (χ1) is 12.2. The summed E-state index contributed by atoms with van der Waals surface area (Å²) in [7, 11) is 0. The molecule has 5 heteroatoms. The number of aliphatic hydroxyl groups excluding tert-OH is 2. The Balaban J connectivity index is 1.66. The van der Waals surface area contributed by atoms with E-state index < -0.39 is 12.1 Å². The molecule has 0 saturated carbocycles. The smallest absolute Gasteiger partial charge is 0.407 e. The summed E-state index contributed by atoms with van der Waals surface area (Å²) >= 11 is 0. The Labute approximate surface area is 147 Å². The van der Waals surface area contributed by atoms with Gasteiger partial charge < -0.3 is 20.3 Å². The molecule has 2 aromatic carbocycles. The molecule has 5 nitrogen and oxygen atoms in total. The van der Waals surface area contributed by atoms with Crippen molar-refractivity contribution in [3.05, 3.63) is 59.7 Å². The minimum atomic E-state index is -0.543. The fraction of sp³-hybridized carbons (Fsp3) is 0.350. The van der Waals surface area contributed by atoms with Crippen molar-refractivity contribution in [2.75, 3.05) is 19.8 Å². The van der Waals surface area contributed by atoms with Crippen molar-refractivity contribution >= 4 is 6.09 Å². The van der Waals surface area contributed by atoms with Crippen molar-refractivity contribution < 1.29 is 19.7 Å². The summed E-state index contributed by atoms with van der Waals surface area (Å²) in [6.45, 7) is 0.102. The van der Waals surface area contributed by atoms with Crippen LogP contribution in [0.4, 0.5) is 4.79 Å². The first-order valence-corrected chi connectivity index (χ1v) is 8.57. The normalized spacial score (nSPS) is 13.8. The van der Waals surface area contributed by atoms with Crippen molar-refractivity contribution in [3.8, 4) is 11.1 Å². The molecule has 25 heavy (non-hydrogen) atoms. The molecule has 2 aromatic rings. The van der Waals surface area contributed by atoms with Crippen molar-refractivity contribution in [2.45, 2.75) is 24.8 Å². The van der Waals surface area contributed by atoms with E-state index in [9.17, 15) is 9.90 Å². The molecule has 0 bridgehead atoms. The molecule has 3 N–H and O–H groups in total. The topological polar surface area (TPSA) is 78.8 Å². The number of benzene rings is 2. The minimum Gasteiger partial charge on any atom is -0.449 e. The van der Waals surface area contributed by atoms with Crippen molar-refractivity contribution in [1.29, 1.82) is 0 Å². The summed E-state index contributed by atoms with van der Waals surface area (Å²) in [5, 5.41) is 20.8. The Kier molecular flexibility index (Phi) is 5.68. The van der Waals surface area contributed by atoms with Crippen LogP contribution in [-0.2, 0) is 4.74 Å². The second-order valence-electron chi connectivity index (χ2n) is 6.22. The monoisotopic (exact) mass is 341 g/mol. The molecule has 0 aliphatic heterocycles. The van der Waals surface area contributed by atoms with Gasteiger partial charge in [-0.3, -0.25) is 0 Å². The van der Waals surface area contributed by atoms with Gasteiger partial charge in [0.15, 0.2) is 0 Å². The predicted octanol–water partition coefficient (Wildman–Crippen LogP) is 2.66. The second-order valence-corrected chi connectivity index (χ2v) is 6.22. The molecular formula is C20H23NO4. The lowest BCUT2D eigenvalue weighted by molar-refractivity contribution is 0.130. The Bertz CT molecular complexity index is 686. The van der Waals surface area contributed by atoms with E-state index in [-0.39, 0.29) is 25.7 Å². The van der Waals surface area contributed by atoms with Gasteiger partial charge in [0.2, 0.25) is 0 Å². The Morgan fingerprint density at radius 1 is 1.04 bits per heavy atom. The standard InChI is InChI=1S/C20H23NO4/c22-11-5-6-14(12-23)21-20(24)25-13-19-17-9-3-1-7-15(17)16-8-2-4-10-18(16)19/h1-4,7-10,14,19,22-23H,5-6,11-13H2,(H,21,24)/t14-/m0/s1. The van der Waals surface area contributed by atoms with E-state index in [0.29, 0.717) is 12.8 Å². The summed E-state index contributed by atoms with van der Waals surface area (Å²) < 4.78 is 5.43. The highest BCUT2D eigenvalue weighted by Crippen LogP contribution is 2.44. The van der Waals surface area contributed by atoms with E-state index >= 15 is 0 Å². The van der Waals surface area contributed by atoms with Gasteiger partial charge in [0.05, 0.1) is 12.6 Å². The maximum Gasteiger partial charge on any atom is 0.407 e. The van der Waals surface area contributed by atoms with Gasteiger partial charge in [0.1, 0.15) is 6.61 Å². The van der Waals surface area contributed by atoms with Crippen LogP contribution in [0.1, 0.15) is 29.9 Å². The molecule has 1 aliphatic carbocycles. The Morgan fingerprint density at radius 2 is 1.64 bits per heavy atom. The zero-order valence-corrected chi connectivity index (χ0v) is 14.0. The van der Waals surface area contributed by atoms with Crippen LogP contribution in [0.25, 0.3) is 11.1 Å². The number of amides is 1. The molecule has 0 aromatic heterocycles. The van der Waals surface area contributed by atoms with Crippen LogP contribution >= 0.6 is 0 Å². The van der Waals surface area contributed by atoms with E-state index in [1.165, 1.54) is 11.1 Å². The SMILES string of the molecule is O=C(N[C@H](CO)CCCO)OCC1c2ccccc2-c2ccccc21. The molecule has 1 aliphatic rings. The number of carbonyl (C=O) groups is 1. The van der Waals surface area contributed by atoms with Crippen LogP contribution in [0.2, 0.25) is 0 Å². The summed E-state index contributed by atoms with van der Waals surface area (Å²) in [6, 6.07) is 15.9. The quantitative estimate of drug-likeness (QED) is 0.723. The zero-order chi connectivity index (χ0) is 17.6. The molecule has 0 heterocycles. The van der Waals surface area contributed by atoms with Crippen molar-refractivity contribution in [2.24, 2.45) is 0 Å². The van der Waals surface area contributed by atoms with Gasteiger partial charge in [-0.05, 0) is 35.1 Å². The molecule has 0 saturated heterocycles. The summed E-state index contributed by atoms with van der Waals surface area (Å²) in [4.78, 5) is 12.0. The van der Waals surface area contributed by atoms with Crippen molar-refractivity contribution in [1.82, 2.24) is 5.32 Å². The largest absolute Gasteiger partial charge is 0.449 e. The first-order valence-electron chi connectivity index (χ1n) is 8.57. The van der Waals surface area contributed by atoms with Gasteiger partial charge in [-0.25, -0.2) is 4.79 Å². The molecule has 1 atom stereocenters. The number of hydrogen-bond acceptors (Lipinski definition) is 4. The fourth-order valence-electron chi connectivity index (χ4n) is 3.35. The first kappa shape index (κ1) is 17.5. The number of alkyl carbamates (subject to hydrolysis) is 1. The van der Waals surface area contributed by atoms with E-state index in [1.807, 2.05) is 24.3 Å². The lowest BCUT2D eigenvalue weighted by Crippen LogP contribution is -2.38. The third-order valence-corrected chi connectivity index (χ3v) is 4.60. The van der Waals surface area contributed by atoms with Gasteiger partial charge in [-0.1, -0.05) is 48.5 Å². The van der Waals surface area contributed by atoms with Gasteiger partial charge in [0, 0.05) is 12.5 Å². The molecule has 0 unspecified atom stereocenters. The highest BCUT2D eigenvalue weighted by molar-refractivity contribution is 5.79. The number of hydrogen-bond donors (Lipinski definition) is 3. The molecule has 3 rings (SSSR count). The van der Waals surface area contributed by atoms with Gasteiger partial charge in [0.25, 0.3) is 0 Å². The number of nitrogens with one attached hydrogen (secondary N) is 1. The number of fused-ring (bicyclic) bond motifs is 3. The molecule has 132 valence electrons. The van der Waals surface area contributed by atoms with E-state index in [4.69, 9.17) is 9.84 Å². The third kappa shape index (κ3) is 3.83. The molecule has 1 amide bonds. The summed E-state index contributed by atoms with van der Waals surface area (Å²) in [6.07, 6.45) is 0.491. The maximum absolute atomic E-state index is 12.0. The average Bonchev–Trinajstić information content (AvgIpc) is 2.97. The lowest BCUT2D eigenvalue weighted by Gasteiger charge is -2.18. The van der Waals surface area contributed by atoms with Crippen LogP contribution in [0, 0.1) is 0 Å². The van der Waals surface area contributed by atoms with Gasteiger partial charge in [-0.2, -0.15) is 0 Å². The minimum absolute atomic E-state index is 0.0168. The number of rotatable bonds is 7. The average molecular weight is 341 g/mol. The molecule has 0 fully saturated rings. The van der Waals surface area contributed by atoms with E-state index in [0.717, 1.165) is 11.1 Å². The highest BCUT2D eigenvalue weighted by atomic mass is 16.5. The van der Waals surface area contributed by atoms with Crippen LogP contribution in [0.15, 0.2) is 48.5 Å². The van der Waals surface area contributed by atoms with Crippen LogP contribution < -0.4 is 5.32 Å². The van der Waals surface area contributed by atoms with Gasteiger partial charge in [-0.15, -0.1) is 0 Å². The number of carbonyl (C=O) groups excluding carboxylic acids is 1. The number of aliphatic hydroxyl groups is 2. The van der Waals surface area contributed by atoms with Gasteiger partial charge >= 0.3 is 6.09 Å².